The van der Waals surface area contributed by atoms with Crippen LogP contribution in [0.15, 0.2) is 62.2 Å². The molecule has 0 spiro atoms. The zero-order chi connectivity index (χ0) is 21.0. The number of nitrogens with one attached hydrogen (secondary N) is 1. The number of hydrogen-bond acceptors (Lipinski definition) is 5. The molecule has 0 atom stereocenters. The molecule has 150 valence electrons. The van der Waals surface area contributed by atoms with Gasteiger partial charge in [-0.25, -0.2) is 4.79 Å². The van der Waals surface area contributed by atoms with E-state index in [-0.39, 0.29) is 24.9 Å². The first-order valence-corrected chi connectivity index (χ1v) is 9.56. The van der Waals surface area contributed by atoms with E-state index in [9.17, 15) is 14.4 Å². The fraction of sp³-hybridized carbons (Fsp3) is 0.200. The average molecular weight is 459 g/mol. The molecule has 0 radical (unpaired) electrons. The molecule has 8 nitrogen and oxygen atoms in total. The Morgan fingerprint density at radius 1 is 1.21 bits per heavy atom. The fourth-order valence-electron chi connectivity index (χ4n) is 2.61. The summed E-state index contributed by atoms with van der Waals surface area (Å²) in [6.45, 7) is 1.39. The molecule has 1 aromatic heterocycles. The molecule has 0 aliphatic carbocycles. The van der Waals surface area contributed by atoms with Gasteiger partial charge in [0.25, 0.3) is 0 Å². The second-order valence-electron chi connectivity index (χ2n) is 6.45. The van der Waals surface area contributed by atoms with E-state index in [2.05, 4.69) is 26.3 Å². The van der Waals surface area contributed by atoms with Gasteiger partial charge in [-0.3, -0.25) is 9.59 Å². The number of benzene rings is 2. The maximum absolute atomic E-state index is 12.4. The number of carbonyl (C=O) groups is 2. The van der Waals surface area contributed by atoms with Crippen LogP contribution in [-0.4, -0.2) is 40.1 Å². The van der Waals surface area contributed by atoms with E-state index in [4.69, 9.17) is 4.42 Å². The first kappa shape index (κ1) is 20.5. The Morgan fingerprint density at radius 2 is 1.93 bits per heavy atom. The lowest BCUT2D eigenvalue weighted by molar-refractivity contribution is -0.134. The van der Waals surface area contributed by atoms with Crippen LogP contribution in [0.5, 0.6) is 0 Å². The number of aromatic nitrogens is 2. The molecule has 0 fully saturated rings. The van der Waals surface area contributed by atoms with Crippen molar-refractivity contribution in [1.82, 2.24) is 14.7 Å². The maximum Gasteiger partial charge on any atom is 0.437 e. The number of carbonyl (C=O) groups excluding carboxylic acids is 2. The van der Waals surface area contributed by atoms with Crippen molar-refractivity contribution in [3.63, 3.8) is 0 Å². The summed E-state index contributed by atoms with van der Waals surface area (Å²) in [4.78, 5) is 37.9. The van der Waals surface area contributed by atoms with E-state index in [1.807, 2.05) is 25.1 Å². The van der Waals surface area contributed by atoms with Crippen LogP contribution in [-0.2, 0) is 16.1 Å². The molecule has 0 bridgehead atoms. The Balaban J connectivity index is 1.61. The molecule has 1 N–H and O–H groups in total. The van der Waals surface area contributed by atoms with Crippen LogP contribution in [0.1, 0.15) is 5.56 Å². The second-order valence-corrected chi connectivity index (χ2v) is 7.37. The van der Waals surface area contributed by atoms with Gasteiger partial charge < -0.3 is 14.6 Å². The highest BCUT2D eigenvalue weighted by Crippen LogP contribution is 2.20. The highest BCUT2D eigenvalue weighted by molar-refractivity contribution is 9.10. The van der Waals surface area contributed by atoms with Gasteiger partial charge in [-0.05, 0) is 42.8 Å². The topological polar surface area (TPSA) is 97.4 Å². The van der Waals surface area contributed by atoms with E-state index < -0.39 is 11.7 Å². The van der Waals surface area contributed by atoms with Crippen LogP contribution in [0.25, 0.3) is 11.5 Å². The molecular weight excluding hydrogens is 440 g/mol. The SMILES string of the molecule is Cc1cc(Br)ccc1NC(=O)CN(C)C(=O)Cn1nc(-c2ccccc2)oc1=O. The summed E-state index contributed by atoms with van der Waals surface area (Å²) >= 11 is 3.37. The molecule has 29 heavy (non-hydrogen) atoms. The van der Waals surface area contributed by atoms with Crippen molar-refractivity contribution in [1.29, 1.82) is 0 Å². The van der Waals surface area contributed by atoms with Crippen molar-refractivity contribution in [2.75, 3.05) is 18.9 Å². The zero-order valence-corrected chi connectivity index (χ0v) is 17.5. The average Bonchev–Trinajstić information content (AvgIpc) is 3.05. The molecule has 9 heteroatoms. The Bertz CT molecular complexity index is 1090. The molecule has 3 aromatic rings. The molecule has 0 saturated heterocycles. The standard InChI is InChI=1S/C20H19BrN4O4/c1-13-10-15(21)8-9-16(13)22-17(26)11-24(2)18(27)12-25-20(28)29-19(23-25)14-6-4-3-5-7-14/h3-10H,11-12H2,1-2H3,(H,22,26). The van der Waals surface area contributed by atoms with E-state index in [0.29, 0.717) is 11.3 Å². The first-order valence-electron chi connectivity index (χ1n) is 8.77. The summed E-state index contributed by atoms with van der Waals surface area (Å²) < 4.78 is 6.96. The van der Waals surface area contributed by atoms with Crippen LogP contribution < -0.4 is 11.1 Å². The number of nitrogens with zero attached hydrogens (tertiary/aromatic N) is 3. The molecule has 1 heterocycles. The first-order chi connectivity index (χ1) is 13.8. The molecule has 0 unspecified atom stereocenters. The number of hydrogen-bond donors (Lipinski definition) is 1. The van der Waals surface area contributed by atoms with Gasteiger partial charge in [0.15, 0.2) is 0 Å². The van der Waals surface area contributed by atoms with E-state index in [0.717, 1.165) is 14.7 Å². The van der Waals surface area contributed by atoms with Crippen LogP contribution in [0, 0.1) is 6.92 Å². The van der Waals surface area contributed by atoms with Gasteiger partial charge in [-0.15, -0.1) is 5.10 Å². The van der Waals surface area contributed by atoms with Crippen LogP contribution >= 0.6 is 15.9 Å². The van der Waals surface area contributed by atoms with E-state index in [1.165, 1.54) is 11.9 Å². The maximum atomic E-state index is 12.4. The number of amides is 2. The van der Waals surface area contributed by atoms with Crippen molar-refractivity contribution >= 4 is 33.4 Å². The van der Waals surface area contributed by atoms with E-state index in [1.54, 1.807) is 30.3 Å². The summed E-state index contributed by atoms with van der Waals surface area (Å²) in [5.74, 6) is -1.39. The minimum absolute atomic E-state index is 0.134. The van der Waals surface area contributed by atoms with Crippen LogP contribution in [0.2, 0.25) is 0 Å². The van der Waals surface area contributed by atoms with Gasteiger partial charge in [0.05, 0.1) is 6.54 Å². The number of likely N-dealkylation sites (N-methyl/N-ethyl adjacent to an activating group) is 1. The minimum Gasteiger partial charge on any atom is -0.388 e. The monoisotopic (exact) mass is 458 g/mol. The third-order valence-electron chi connectivity index (χ3n) is 4.18. The van der Waals surface area contributed by atoms with Crippen molar-refractivity contribution in [3.05, 3.63) is 69.1 Å². The Hall–Kier alpha value is -3.20. The quantitative estimate of drug-likeness (QED) is 0.612. The van der Waals surface area contributed by atoms with Gasteiger partial charge in [0.1, 0.15) is 6.54 Å². The molecule has 2 amide bonds. The van der Waals surface area contributed by atoms with Gasteiger partial charge in [-0.1, -0.05) is 34.1 Å². The van der Waals surface area contributed by atoms with E-state index >= 15 is 0 Å². The second kappa shape index (κ2) is 8.87. The lowest BCUT2D eigenvalue weighted by atomic mass is 10.2. The Morgan fingerprint density at radius 3 is 2.62 bits per heavy atom. The smallest absolute Gasteiger partial charge is 0.388 e. The normalized spacial score (nSPS) is 10.6. The van der Waals surface area contributed by atoms with Crippen molar-refractivity contribution in [2.45, 2.75) is 13.5 Å². The van der Waals surface area contributed by atoms with Crippen LogP contribution in [0.4, 0.5) is 5.69 Å². The van der Waals surface area contributed by atoms with Gasteiger partial charge >= 0.3 is 5.76 Å². The summed E-state index contributed by atoms with van der Waals surface area (Å²) in [5, 5.41) is 6.82. The Labute approximate surface area is 175 Å². The fourth-order valence-corrected chi connectivity index (χ4v) is 3.09. The van der Waals surface area contributed by atoms with Crippen molar-refractivity contribution in [3.8, 4) is 11.5 Å². The Kier molecular flexibility index (Phi) is 6.28. The number of halogens is 1. The van der Waals surface area contributed by atoms with Gasteiger partial charge in [-0.2, -0.15) is 4.68 Å². The summed E-state index contributed by atoms with van der Waals surface area (Å²) in [6, 6.07) is 14.4. The number of anilines is 1. The highest BCUT2D eigenvalue weighted by atomic mass is 79.9. The summed E-state index contributed by atoms with van der Waals surface area (Å²) in [5.41, 5.74) is 2.19. The van der Waals surface area contributed by atoms with Crippen molar-refractivity contribution < 1.29 is 14.0 Å². The number of aryl methyl sites for hydroxylation is 1. The summed E-state index contributed by atoms with van der Waals surface area (Å²) in [6.07, 6.45) is 0. The van der Waals surface area contributed by atoms with Crippen molar-refractivity contribution in [2.24, 2.45) is 0 Å². The van der Waals surface area contributed by atoms with Gasteiger partial charge in [0.2, 0.25) is 17.7 Å². The third kappa shape index (κ3) is 5.20. The lowest BCUT2D eigenvalue weighted by Crippen LogP contribution is -2.38. The predicted molar refractivity (Wildman–Crippen MR) is 111 cm³/mol. The zero-order valence-electron chi connectivity index (χ0n) is 15.9. The molecular formula is C20H19BrN4O4. The van der Waals surface area contributed by atoms with Gasteiger partial charge in [0, 0.05) is 22.8 Å². The van der Waals surface area contributed by atoms with Crippen LogP contribution in [0.3, 0.4) is 0 Å². The minimum atomic E-state index is -0.736. The number of rotatable bonds is 6. The largest absolute Gasteiger partial charge is 0.437 e. The lowest BCUT2D eigenvalue weighted by Gasteiger charge is -2.17. The third-order valence-corrected chi connectivity index (χ3v) is 4.67. The molecule has 0 aliphatic rings. The molecule has 2 aromatic carbocycles. The highest BCUT2D eigenvalue weighted by Gasteiger charge is 2.18. The predicted octanol–water partition coefficient (Wildman–Crippen LogP) is 2.67. The molecule has 0 saturated carbocycles. The molecule has 0 aliphatic heterocycles. The molecule has 3 rings (SSSR count). The summed E-state index contributed by atoms with van der Waals surface area (Å²) in [7, 11) is 1.49.